The summed E-state index contributed by atoms with van der Waals surface area (Å²) >= 11 is 0. The Morgan fingerprint density at radius 1 is 1.11 bits per heavy atom. The molecule has 0 aromatic heterocycles. The molecule has 0 saturated heterocycles. The molecule has 1 aromatic carbocycles. The second-order valence-electron chi connectivity index (χ2n) is 4.21. The Kier molecular flexibility index (Phi) is 6.64. The number of benzene rings is 1. The lowest BCUT2D eigenvalue weighted by Gasteiger charge is -2.13. The molecule has 0 aliphatic carbocycles. The van der Waals surface area contributed by atoms with Gasteiger partial charge in [-0.3, -0.25) is 9.59 Å². The fourth-order valence-electron chi connectivity index (χ4n) is 1.66. The van der Waals surface area contributed by atoms with Crippen molar-refractivity contribution in [2.75, 3.05) is 6.61 Å². The van der Waals surface area contributed by atoms with Crippen LogP contribution in [0.5, 0.6) is 0 Å². The molecule has 19 heavy (non-hydrogen) atoms. The standard InChI is InChI=1S/C15H20O4/c1-3-13(10-14(16)18-4-2)15(17)19-11-12-8-6-5-7-9-12/h5-9,13H,3-4,10-11H2,1-2H3. The summed E-state index contributed by atoms with van der Waals surface area (Å²) in [4.78, 5) is 23.2. The van der Waals surface area contributed by atoms with Crippen molar-refractivity contribution in [3.05, 3.63) is 35.9 Å². The highest BCUT2D eigenvalue weighted by atomic mass is 16.5. The first-order chi connectivity index (χ1) is 9.17. The first-order valence-electron chi connectivity index (χ1n) is 6.53. The summed E-state index contributed by atoms with van der Waals surface area (Å²) < 4.78 is 10.1. The van der Waals surface area contributed by atoms with Gasteiger partial charge in [-0.1, -0.05) is 37.3 Å². The van der Waals surface area contributed by atoms with Crippen LogP contribution in [0.15, 0.2) is 30.3 Å². The van der Waals surface area contributed by atoms with Gasteiger partial charge in [0.2, 0.25) is 0 Å². The molecule has 0 spiro atoms. The molecule has 4 nitrogen and oxygen atoms in total. The summed E-state index contributed by atoms with van der Waals surface area (Å²) in [7, 11) is 0. The van der Waals surface area contributed by atoms with Gasteiger partial charge in [0.25, 0.3) is 0 Å². The van der Waals surface area contributed by atoms with Crippen LogP contribution in [0, 0.1) is 5.92 Å². The Morgan fingerprint density at radius 3 is 2.37 bits per heavy atom. The van der Waals surface area contributed by atoms with Crippen molar-refractivity contribution in [2.24, 2.45) is 5.92 Å². The summed E-state index contributed by atoms with van der Waals surface area (Å²) in [6.07, 6.45) is 0.643. The minimum atomic E-state index is -0.428. The molecular formula is C15H20O4. The predicted molar refractivity (Wildman–Crippen MR) is 71.3 cm³/mol. The average Bonchev–Trinajstić information content (AvgIpc) is 2.43. The Bertz CT molecular complexity index is 400. The van der Waals surface area contributed by atoms with E-state index in [1.165, 1.54) is 0 Å². The summed E-state index contributed by atoms with van der Waals surface area (Å²) in [5.41, 5.74) is 0.932. The molecule has 0 aliphatic heterocycles. The number of hydrogen-bond acceptors (Lipinski definition) is 4. The van der Waals surface area contributed by atoms with Gasteiger partial charge in [-0.05, 0) is 18.9 Å². The molecule has 1 atom stereocenters. The normalized spacial score (nSPS) is 11.7. The number of ether oxygens (including phenoxy) is 2. The smallest absolute Gasteiger partial charge is 0.309 e. The minimum absolute atomic E-state index is 0.0813. The van der Waals surface area contributed by atoms with Gasteiger partial charge in [-0.2, -0.15) is 0 Å². The molecule has 0 radical (unpaired) electrons. The van der Waals surface area contributed by atoms with Crippen molar-refractivity contribution in [3.8, 4) is 0 Å². The lowest BCUT2D eigenvalue weighted by molar-refractivity contribution is -0.156. The van der Waals surface area contributed by atoms with E-state index in [-0.39, 0.29) is 25.0 Å². The van der Waals surface area contributed by atoms with Crippen molar-refractivity contribution in [1.82, 2.24) is 0 Å². The third-order valence-corrected chi connectivity index (χ3v) is 2.77. The number of carbonyl (C=O) groups excluding carboxylic acids is 2. The molecule has 0 aliphatic rings. The first-order valence-corrected chi connectivity index (χ1v) is 6.53. The predicted octanol–water partition coefficient (Wildman–Crippen LogP) is 2.71. The molecular weight excluding hydrogens is 244 g/mol. The molecule has 1 aromatic rings. The fourth-order valence-corrected chi connectivity index (χ4v) is 1.66. The number of rotatable bonds is 7. The van der Waals surface area contributed by atoms with Gasteiger partial charge in [0, 0.05) is 0 Å². The zero-order chi connectivity index (χ0) is 14.1. The molecule has 0 heterocycles. The Morgan fingerprint density at radius 2 is 1.79 bits per heavy atom. The summed E-state index contributed by atoms with van der Waals surface area (Å²) in [6.45, 7) is 4.16. The average molecular weight is 264 g/mol. The largest absolute Gasteiger partial charge is 0.466 e. The number of esters is 2. The highest BCUT2D eigenvalue weighted by Gasteiger charge is 2.22. The van der Waals surface area contributed by atoms with Crippen molar-refractivity contribution < 1.29 is 19.1 Å². The van der Waals surface area contributed by atoms with Gasteiger partial charge in [-0.25, -0.2) is 0 Å². The zero-order valence-electron chi connectivity index (χ0n) is 11.4. The molecule has 0 N–H and O–H groups in total. The van der Waals surface area contributed by atoms with Crippen LogP contribution in [0.1, 0.15) is 32.3 Å². The van der Waals surface area contributed by atoms with Crippen LogP contribution in [-0.2, 0) is 25.7 Å². The topological polar surface area (TPSA) is 52.6 Å². The minimum Gasteiger partial charge on any atom is -0.466 e. The summed E-state index contributed by atoms with van der Waals surface area (Å²) in [5.74, 6) is -1.13. The highest BCUT2D eigenvalue weighted by molar-refractivity contribution is 5.79. The van der Waals surface area contributed by atoms with Gasteiger partial charge >= 0.3 is 11.9 Å². The maximum absolute atomic E-state index is 11.9. The van der Waals surface area contributed by atoms with Crippen LogP contribution < -0.4 is 0 Å². The lowest BCUT2D eigenvalue weighted by Crippen LogP contribution is -2.21. The maximum atomic E-state index is 11.9. The Balaban J connectivity index is 2.43. The molecule has 1 rings (SSSR count). The molecule has 0 saturated carbocycles. The molecule has 0 fully saturated rings. The first kappa shape index (κ1) is 15.2. The molecule has 104 valence electrons. The van der Waals surface area contributed by atoms with Crippen molar-refractivity contribution in [3.63, 3.8) is 0 Å². The van der Waals surface area contributed by atoms with E-state index in [0.29, 0.717) is 13.0 Å². The second kappa shape index (κ2) is 8.29. The van der Waals surface area contributed by atoms with Gasteiger partial charge in [-0.15, -0.1) is 0 Å². The van der Waals surface area contributed by atoms with E-state index in [0.717, 1.165) is 5.56 Å². The van der Waals surface area contributed by atoms with E-state index >= 15 is 0 Å². The number of hydrogen-bond donors (Lipinski definition) is 0. The van der Waals surface area contributed by atoms with E-state index < -0.39 is 5.92 Å². The summed E-state index contributed by atoms with van der Waals surface area (Å²) in [5, 5.41) is 0. The van der Waals surface area contributed by atoms with Crippen molar-refractivity contribution >= 4 is 11.9 Å². The van der Waals surface area contributed by atoms with E-state index in [4.69, 9.17) is 9.47 Å². The van der Waals surface area contributed by atoms with Crippen LogP contribution in [0.25, 0.3) is 0 Å². The third kappa shape index (κ3) is 5.55. The molecule has 0 amide bonds. The quantitative estimate of drug-likeness (QED) is 0.710. The van der Waals surface area contributed by atoms with Crippen molar-refractivity contribution in [2.45, 2.75) is 33.3 Å². The Labute approximate surface area is 113 Å². The molecule has 1 unspecified atom stereocenters. The highest BCUT2D eigenvalue weighted by Crippen LogP contribution is 2.13. The van der Waals surface area contributed by atoms with E-state index in [2.05, 4.69) is 0 Å². The van der Waals surface area contributed by atoms with Gasteiger partial charge < -0.3 is 9.47 Å². The molecule has 0 bridgehead atoms. The zero-order valence-corrected chi connectivity index (χ0v) is 11.4. The van der Waals surface area contributed by atoms with Crippen LogP contribution >= 0.6 is 0 Å². The van der Waals surface area contributed by atoms with E-state index in [9.17, 15) is 9.59 Å². The second-order valence-corrected chi connectivity index (χ2v) is 4.21. The Hall–Kier alpha value is -1.84. The monoisotopic (exact) mass is 264 g/mol. The van der Waals surface area contributed by atoms with E-state index in [1.807, 2.05) is 37.3 Å². The number of carbonyl (C=O) groups is 2. The van der Waals surface area contributed by atoms with Crippen LogP contribution in [0.3, 0.4) is 0 Å². The fraction of sp³-hybridized carbons (Fsp3) is 0.467. The van der Waals surface area contributed by atoms with Gasteiger partial charge in [0.05, 0.1) is 18.9 Å². The van der Waals surface area contributed by atoms with Gasteiger partial charge in [0.15, 0.2) is 0 Å². The van der Waals surface area contributed by atoms with Gasteiger partial charge in [0.1, 0.15) is 6.61 Å². The third-order valence-electron chi connectivity index (χ3n) is 2.77. The van der Waals surface area contributed by atoms with Crippen LogP contribution in [0.2, 0.25) is 0 Å². The molecule has 4 heteroatoms. The van der Waals surface area contributed by atoms with Crippen molar-refractivity contribution in [1.29, 1.82) is 0 Å². The van der Waals surface area contributed by atoms with Crippen LogP contribution in [-0.4, -0.2) is 18.5 Å². The lowest BCUT2D eigenvalue weighted by atomic mass is 10.0. The maximum Gasteiger partial charge on any atom is 0.309 e. The SMILES string of the molecule is CCOC(=O)CC(CC)C(=O)OCc1ccccc1. The summed E-state index contributed by atoms with van der Waals surface area (Å²) in [6, 6.07) is 9.46. The van der Waals surface area contributed by atoms with Crippen LogP contribution in [0.4, 0.5) is 0 Å². The van der Waals surface area contributed by atoms with E-state index in [1.54, 1.807) is 6.92 Å².